The lowest BCUT2D eigenvalue weighted by Gasteiger charge is -2.20. The van der Waals surface area contributed by atoms with E-state index in [9.17, 15) is 4.79 Å². The number of rotatable bonds is 2. The van der Waals surface area contributed by atoms with E-state index in [1.165, 1.54) is 31.5 Å². The molecule has 0 aromatic heterocycles. The zero-order chi connectivity index (χ0) is 6.53. The van der Waals surface area contributed by atoms with E-state index in [2.05, 4.69) is 4.99 Å². The number of hydrogen-bond donors (Lipinski definition) is 0. The normalized spacial score (nSPS) is 19.1. The monoisotopic (exact) mass is 123 g/mol. The van der Waals surface area contributed by atoms with Crippen molar-refractivity contribution in [3.63, 3.8) is 0 Å². The van der Waals surface area contributed by atoms with E-state index in [-0.39, 0.29) is 0 Å². The maximum atomic E-state index is 9.55. The number of hydrogen-bond acceptors (Lipinski definition) is 2. The summed E-state index contributed by atoms with van der Waals surface area (Å²) in [6.45, 7) is 0. The minimum atomic E-state index is 0.682. The summed E-state index contributed by atoms with van der Waals surface area (Å²) in [6.07, 6.45) is 8.79. The molecule has 0 aromatic carbocycles. The van der Waals surface area contributed by atoms with Crippen LogP contribution >= 0.6 is 0 Å². The van der Waals surface area contributed by atoms with E-state index in [4.69, 9.17) is 0 Å². The van der Waals surface area contributed by atoms with Crippen LogP contribution in [0.15, 0.2) is 17.3 Å². The lowest BCUT2D eigenvalue weighted by Crippen LogP contribution is -2.06. The molecule has 9 heavy (non-hydrogen) atoms. The highest BCUT2D eigenvalue weighted by Crippen LogP contribution is 2.27. The van der Waals surface area contributed by atoms with Crippen molar-refractivity contribution in [1.29, 1.82) is 0 Å². The fourth-order valence-corrected chi connectivity index (χ4v) is 0.827. The van der Waals surface area contributed by atoms with Gasteiger partial charge in [0.15, 0.2) is 0 Å². The molecule has 2 heteroatoms. The van der Waals surface area contributed by atoms with Crippen LogP contribution in [0.5, 0.6) is 0 Å². The van der Waals surface area contributed by atoms with Crippen LogP contribution in [0.4, 0.5) is 0 Å². The zero-order valence-corrected chi connectivity index (χ0v) is 5.21. The SMILES string of the molecule is O=C=N/C=C\C1CCC1. The number of nitrogens with zero attached hydrogens (tertiary/aromatic N) is 1. The highest BCUT2D eigenvalue weighted by Gasteiger charge is 2.12. The predicted octanol–water partition coefficient (Wildman–Crippen LogP) is 1.64. The van der Waals surface area contributed by atoms with Crippen molar-refractivity contribution in [3.8, 4) is 0 Å². The summed E-state index contributed by atoms with van der Waals surface area (Å²) < 4.78 is 0. The third-order valence-electron chi connectivity index (χ3n) is 1.64. The minimum absolute atomic E-state index is 0.682. The van der Waals surface area contributed by atoms with Crippen molar-refractivity contribution in [2.45, 2.75) is 19.3 Å². The second-order valence-corrected chi connectivity index (χ2v) is 2.25. The van der Waals surface area contributed by atoms with Crippen molar-refractivity contribution >= 4 is 6.08 Å². The van der Waals surface area contributed by atoms with Gasteiger partial charge in [0, 0.05) is 6.20 Å². The minimum Gasteiger partial charge on any atom is -0.211 e. The third-order valence-corrected chi connectivity index (χ3v) is 1.64. The Hall–Kier alpha value is -0.880. The van der Waals surface area contributed by atoms with Crippen LogP contribution in [0.2, 0.25) is 0 Å². The smallest absolute Gasteiger partial charge is 0.211 e. The number of carbonyl (C=O) groups excluding carboxylic acids is 1. The quantitative estimate of drug-likeness (QED) is 0.405. The van der Waals surface area contributed by atoms with E-state index in [0.717, 1.165) is 0 Å². The van der Waals surface area contributed by atoms with E-state index in [1.807, 2.05) is 6.08 Å². The second-order valence-electron chi connectivity index (χ2n) is 2.25. The first-order valence-electron chi connectivity index (χ1n) is 3.17. The Morgan fingerprint density at radius 1 is 1.56 bits per heavy atom. The molecular formula is C7H9NO. The van der Waals surface area contributed by atoms with Crippen molar-refractivity contribution < 1.29 is 4.79 Å². The summed E-state index contributed by atoms with van der Waals surface area (Å²) in [5.41, 5.74) is 0. The van der Waals surface area contributed by atoms with E-state index in [1.54, 1.807) is 0 Å². The highest BCUT2D eigenvalue weighted by atomic mass is 16.1. The summed E-state index contributed by atoms with van der Waals surface area (Å²) in [7, 11) is 0. The Morgan fingerprint density at radius 3 is 2.78 bits per heavy atom. The van der Waals surface area contributed by atoms with Gasteiger partial charge in [-0.15, -0.1) is 0 Å². The molecule has 0 unspecified atom stereocenters. The fourth-order valence-electron chi connectivity index (χ4n) is 0.827. The Bertz CT molecular complexity index is 152. The average molecular weight is 123 g/mol. The molecule has 0 aromatic rings. The summed E-state index contributed by atoms with van der Waals surface area (Å²) in [4.78, 5) is 12.9. The van der Waals surface area contributed by atoms with E-state index < -0.39 is 0 Å². The molecule has 0 aliphatic heterocycles. The van der Waals surface area contributed by atoms with Crippen molar-refractivity contribution in [2.24, 2.45) is 10.9 Å². The van der Waals surface area contributed by atoms with Crippen LogP contribution < -0.4 is 0 Å². The molecule has 0 atom stereocenters. The third kappa shape index (κ3) is 1.82. The first-order chi connectivity index (χ1) is 4.43. The lowest BCUT2D eigenvalue weighted by molar-refractivity contribution is 0.387. The molecule has 0 saturated heterocycles. The van der Waals surface area contributed by atoms with Crippen molar-refractivity contribution in [2.75, 3.05) is 0 Å². The van der Waals surface area contributed by atoms with Crippen LogP contribution in [0.3, 0.4) is 0 Å². The lowest BCUT2D eigenvalue weighted by atomic mass is 9.86. The van der Waals surface area contributed by atoms with Gasteiger partial charge in [0.1, 0.15) is 0 Å². The molecular weight excluding hydrogens is 114 g/mol. The molecule has 1 aliphatic rings. The summed E-state index contributed by atoms with van der Waals surface area (Å²) in [6, 6.07) is 0. The van der Waals surface area contributed by atoms with Crippen molar-refractivity contribution in [3.05, 3.63) is 12.3 Å². The summed E-state index contributed by atoms with van der Waals surface area (Å²) >= 11 is 0. The Balaban J connectivity index is 2.21. The molecule has 1 aliphatic carbocycles. The highest BCUT2D eigenvalue weighted by molar-refractivity contribution is 5.34. The number of isocyanates is 1. The maximum Gasteiger partial charge on any atom is 0.239 e. The Labute approximate surface area is 54.3 Å². The van der Waals surface area contributed by atoms with Crippen LogP contribution in [-0.4, -0.2) is 6.08 Å². The molecule has 0 radical (unpaired) electrons. The van der Waals surface area contributed by atoms with Gasteiger partial charge in [-0.2, -0.15) is 4.99 Å². The maximum absolute atomic E-state index is 9.55. The van der Waals surface area contributed by atoms with Crippen LogP contribution in [0, 0.1) is 5.92 Å². The molecule has 2 nitrogen and oxygen atoms in total. The van der Waals surface area contributed by atoms with E-state index in [0.29, 0.717) is 5.92 Å². The summed E-state index contributed by atoms with van der Waals surface area (Å²) in [5, 5.41) is 0. The van der Waals surface area contributed by atoms with Crippen molar-refractivity contribution in [1.82, 2.24) is 0 Å². The first kappa shape index (κ1) is 6.24. The van der Waals surface area contributed by atoms with Gasteiger partial charge in [0.05, 0.1) is 0 Å². The van der Waals surface area contributed by atoms with Gasteiger partial charge in [-0.25, -0.2) is 4.79 Å². The molecule has 0 N–H and O–H groups in total. The Kier molecular flexibility index (Phi) is 2.22. The molecule has 1 saturated carbocycles. The topological polar surface area (TPSA) is 29.4 Å². The molecule has 0 amide bonds. The molecule has 0 heterocycles. The van der Waals surface area contributed by atoms with E-state index >= 15 is 0 Å². The van der Waals surface area contributed by atoms with Gasteiger partial charge >= 0.3 is 0 Å². The zero-order valence-electron chi connectivity index (χ0n) is 5.21. The van der Waals surface area contributed by atoms with Crippen LogP contribution in [-0.2, 0) is 4.79 Å². The number of aliphatic imine (C=N–C) groups is 1. The van der Waals surface area contributed by atoms with Gasteiger partial charge in [0.25, 0.3) is 0 Å². The summed E-state index contributed by atoms with van der Waals surface area (Å²) in [5.74, 6) is 0.682. The molecule has 1 fully saturated rings. The average Bonchev–Trinajstić information content (AvgIpc) is 1.76. The molecule has 1 rings (SSSR count). The van der Waals surface area contributed by atoms with Gasteiger partial charge < -0.3 is 0 Å². The predicted molar refractivity (Wildman–Crippen MR) is 34.6 cm³/mol. The second kappa shape index (κ2) is 3.21. The molecule has 0 bridgehead atoms. The van der Waals surface area contributed by atoms with Crippen LogP contribution in [0.1, 0.15) is 19.3 Å². The van der Waals surface area contributed by atoms with Gasteiger partial charge in [0.2, 0.25) is 6.08 Å². The molecule has 0 spiro atoms. The van der Waals surface area contributed by atoms with Gasteiger partial charge in [-0.05, 0) is 18.8 Å². The largest absolute Gasteiger partial charge is 0.239 e. The van der Waals surface area contributed by atoms with Crippen LogP contribution in [0.25, 0.3) is 0 Å². The standard InChI is InChI=1S/C7H9NO/c9-6-8-5-4-7-2-1-3-7/h4-5,7H,1-3H2/b5-4-. The first-order valence-corrected chi connectivity index (χ1v) is 3.17. The van der Waals surface area contributed by atoms with Gasteiger partial charge in [-0.3, -0.25) is 0 Å². The Morgan fingerprint density at radius 2 is 2.33 bits per heavy atom. The van der Waals surface area contributed by atoms with Gasteiger partial charge in [-0.1, -0.05) is 12.5 Å². The molecule has 48 valence electrons. The fraction of sp³-hybridized carbons (Fsp3) is 0.571. The number of allylic oxidation sites excluding steroid dienone is 1.